The second-order valence-corrected chi connectivity index (χ2v) is 23.4. The third-order valence-corrected chi connectivity index (χ3v) is 17.5. The second-order valence-electron chi connectivity index (χ2n) is 22.5. The third-order valence-electron chi connectivity index (χ3n) is 16.6. The molecule has 7 heterocycles. The van der Waals surface area contributed by atoms with Crippen LogP contribution in [0, 0.1) is 23.2 Å². The molecule has 1 unspecified atom stereocenters. The van der Waals surface area contributed by atoms with Crippen LogP contribution in [0.3, 0.4) is 0 Å². The molecule has 6 aliphatic rings. The maximum Gasteiger partial charge on any atom is 0.324 e. The van der Waals surface area contributed by atoms with Crippen LogP contribution in [0.15, 0.2) is 35.8 Å². The average molecular weight is 1040 g/mol. The van der Waals surface area contributed by atoms with E-state index in [0.29, 0.717) is 62.4 Å². The van der Waals surface area contributed by atoms with Gasteiger partial charge in [0.2, 0.25) is 5.91 Å². The van der Waals surface area contributed by atoms with Crippen LogP contribution >= 0.6 is 11.3 Å². The number of methoxy groups -OCH3 is 1. The van der Waals surface area contributed by atoms with Gasteiger partial charge in [-0.15, -0.1) is 11.3 Å². The number of likely N-dealkylation sites (N-methyl/N-ethyl adjacent to an activating group) is 1. The lowest BCUT2D eigenvalue weighted by molar-refractivity contribution is -0.156. The number of thiazole rings is 1. The molecule has 2 aliphatic carbocycles. The minimum absolute atomic E-state index is 0.0773. The number of hydrazine groups is 1. The highest BCUT2D eigenvalue weighted by molar-refractivity contribution is 7.10. The number of fused-ring (bicyclic) bond motifs is 6. The van der Waals surface area contributed by atoms with Crippen LogP contribution in [-0.4, -0.2) is 158 Å². The summed E-state index contributed by atoms with van der Waals surface area (Å²) >= 11 is 1.27. The molecule has 3 aromatic heterocycles. The summed E-state index contributed by atoms with van der Waals surface area (Å²) in [5.74, 6) is -1.49. The number of hydrogen-bond donors (Lipinski definition) is 2. The standard InChI is InChI=1S/C55H75F2N9O7S/c1-32-33(2)46(32)51(67)60-48-50(62(6)29-45(56)57)52-59-43(30-74-52)35-10-13-44-39(25-35)41(27-55(4,5)31-73-54(69)42-9-8-16-66(61-42)53(48)68)49(65(44)21-24-72-38-14-22-71-23-15-38)40-26-37(28-58-47(40)34(3)70-7)64-19-17-63(18-20-64)36-11-12-36/h10,13,25-26,28,30,32-34,36,38,42,45-46,48,50,61H,8-9,11-12,14-24,27,29,31H2,1-7H3,(H,60,67)/t32-,33+,34-,42-,46?,48-,50-/m0/s1. The number of anilines is 1. The van der Waals surface area contributed by atoms with Gasteiger partial charge in [0.15, 0.2) is 0 Å². The number of carbonyl (C=O) groups is 3. The Morgan fingerprint density at radius 1 is 1.04 bits per heavy atom. The highest BCUT2D eigenvalue weighted by Gasteiger charge is 2.51. The lowest BCUT2D eigenvalue weighted by atomic mass is 9.84. The number of nitrogens with zero attached hydrogens (tertiary/aromatic N) is 7. The first-order valence-corrected chi connectivity index (χ1v) is 27.8. The molecule has 0 spiro atoms. The number of alkyl halides is 2. The van der Waals surface area contributed by atoms with Gasteiger partial charge in [-0.3, -0.25) is 34.2 Å². The van der Waals surface area contributed by atoms with E-state index in [1.54, 1.807) is 7.11 Å². The number of piperazine rings is 1. The zero-order chi connectivity index (χ0) is 52.0. The number of carbonyl (C=O) groups excluding carboxylic acids is 3. The Morgan fingerprint density at radius 3 is 2.50 bits per heavy atom. The van der Waals surface area contributed by atoms with E-state index in [2.05, 4.69) is 57.2 Å². The summed E-state index contributed by atoms with van der Waals surface area (Å²) in [5.41, 5.74) is 9.75. The summed E-state index contributed by atoms with van der Waals surface area (Å²) in [6.07, 6.45) is 4.60. The quantitative estimate of drug-likeness (QED) is 0.122. The molecule has 2 saturated carbocycles. The van der Waals surface area contributed by atoms with Gasteiger partial charge in [0.1, 0.15) is 17.1 Å². The summed E-state index contributed by atoms with van der Waals surface area (Å²) in [4.78, 5) is 60.1. The van der Waals surface area contributed by atoms with Crippen LogP contribution in [0.2, 0.25) is 0 Å². The molecule has 19 heteroatoms. The molecule has 6 bridgehead atoms. The molecule has 5 fully saturated rings. The summed E-state index contributed by atoms with van der Waals surface area (Å²) in [6, 6.07) is 6.06. The lowest BCUT2D eigenvalue weighted by Crippen LogP contribution is -2.62. The topological polar surface area (TPSA) is 156 Å². The first-order chi connectivity index (χ1) is 35.6. The van der Waals surface area contributed by atoms with Crippen molar-refractivity contribution >= 4 is 45.7 Å². The van der Waals surface area contributed by atoms with E-state index in [4.69, 9.17) is 28.9 Å². The smallest absolute Gasteiger partial charge is 0.324 e. The Kier molecular flexibility index (Phi) is 15.8. The number of ether oxygens (including phenoxy) is 4. The number of pyridine rings is 1. The fourth-order valence-corrected chi connectivity index (χ4v) is 12.8. The monoisotopic (exact) mass is 1040 g/mol. The van der Waals surface area contributed by atoms with Crippen LogP contribution in [0.25, 0.3) is 33.4 Å². The molecule has 1 aromatic carbocycles. The number of cyclic esters (lactones) is 1. The number of rotatable bonds is 14. The molecule has 16 nitrogen and oxygen atoms in total. The molecular formula is C55H75F2N9O7S. The summed E-state index contributed by atoms with van der Waals surface area (Å²) in [7, 11) is 3.25. The minimum atomic E-state index is -2.74. The van der Waals surface area contributed by atoms with Gasteiger partial charge in [-0.05, 0) is 94.5 Å². The van der Waals surface area contributed by atoms with Crippen molar-refractivity contribution in [2.75, 3.05) is 84.8 Å². The maximum atomic E-state index is 14.9. The van der Waals surface area contributed by atoms with Crippen molar-refractivity contribution in [3.63, 3.8) is 0 Å². The number of amides is 2. The van der Waals surface area contributed by atoms with Crippen molar-refractivity contribution in [3.8, 4) is 22.5 Å². The summed E-state index contributed by atoms with van der Waals surface area (Å²) < 4.78 is 55.9. The maximum absolute atomic E-state index is 14.9. The molecule has 7 atom stereocenters. The van der Waals surface area contributed by atoms with Gasteiger partial charge in [-0.25, -0.2) is 19.2 Å². The number of halogens is 2. The van der Waals surface area contributed by atoms with E-state index in [1.807, 2.05) is 38.4 Å². The van der Waals surface area contributed by atoms with E-state index in [0.717, 1.165) is 83.7 Å². The van der Waals surface area contributed by atoms with Crippen molar-refractivity contribution in [1.82, 2.24) is 40.1 Å². The molecule has 3 saturated heterocycles. The molecule has 4 aliphatic heterocycles. The minimum Gasteiger partial charge on any atom is -0.464 e. The Bertz CT molecular complexity index is 2660. The van der Waals surface area contributed by atoms with Crippen molar-refractivity contribution in [2.24, 2.45) is 23.2 Å². The van der Waals surface area contributed by atoms with Crippen molar-refractivity contribution < 1.29 is 42.1 Å². The van der Waals surface area contributed by atoms with E-state index in [-0.39, 0.29) is 49.0 Å². The first kappa shape index (κ1) is 52.8. The van der Waals surface area contributed by atoms with Crippen molar-refractivity contribution in [3.05, 3.63) is 52.1 Å². The predicted octanol–water partition coefficient (Wildman–Crippen LogP) is 7.26. The highest BCUT2D eigenvalue weighted by atomic mass is 32.1. The van der Waals surface area contributed by atoms with E-state index in [1.165, 1.54) is 41.1 Å². The lowest BCUT2D eigenvalue weighted by Gasteiger charge is -2.39. The molecule has 4 aromatic rings. The predicted molar refractivity (Wildman–Crippen MR) is 280 cm³/mol. The van der Waals surface area contributed by atoms with Crippen LogP contribution in [0.5, 0.6) is 0 Å². The van der Waals surface area contributed by atoms with Crippen LogP contribution in [0.4, 0.5) is 14.5 Å². The Hall–Kier alpha value is -4.63. The normalized spacial score (nSPS) is 26.6. The molecule has 2 amide bonds. The van der Waals surface area contributed by atoms with Crippen LogP contribution in [-0.2, 0) is 46.3 Å². The van der Waals surface area contributed by atoms with Crippen LogP contribution in [0.1, 0.15) is 102 Å². The summed E-state index contributed by atoms with van der Waals surface area (Å²) in [5, 5.41) is 7.67. The highest BCUT2D eigenvalue weighted by Crippen LogP contribution is 2.47. The van der Waals surface area contributed by atoms with E-state index < -0.39 is 48.4 Å². The number of esters is 1. The molecule has 402 valence electrons. The van der Waals surface area contributed by atoms with E-state index in [9.17, 15) is 23.2 Å². The fourth-order valence-electron chi connectivity index (χ4n) is 11.8. The molecular weight excluding hydrogens is 969 g/mol. The van der Waals surface area contributed by atoms with Crippen molar-refractivity contribution in [2.45, 2.75) is 129 Å². The van der Waals surface area contributed by atoms with Crippen molar-refractivity contribution in [1.29, 1.82) is 0 Å². The van der Waals surface area contributed by atoms with Gasteiger partial charge in [0, 0.05) is 104 Å². The van der Waals surface area contributed by atoms with Gasteiger partial charge in [-0.2, -0.15) is 0 Å². The first-order valence-electron chi connectivity index (χ1n) is 26.9. The Balaban J connectivity index is 1.13. The molecule has 74 heavy (non-hydrogen) atoms. The SMILES string of the molecule is CO[C@@H](C)c1ncc(N2CCN(C3CC3)CC2)cc1-c1c2c3cc(ccc3n1CCOC1CCOCC1)-c1csc(n1)[C@@H](N(C)CC(F)F)[C@H](NC(=O)C1[C@@H](C)[C@H]1C)C(=O)N1CCC[C@H](N1)C(=O)OCC(C)(C)C2. The zero-order valence-corrected chi connectivity index (χ0v) is 44.9. The molecule has 0 radical (unpaired) electrons. The molecule has 2 N–H and O–H groups in total. The fraction of sp³-hybridized carbons (Fsp3) is 0.655. The van der Waals surface area contributed by atoms with Gasteiger partial charge >= 0.3 is 5.97 Å². The summed E-state index contributed by atoms with van der Waals surface area (Å²) in [6.45, 7) is 16.0. The van der Waals surface area contributed by atoms with E-state index >= 15 is 0 Å². The Morgan fingerprint density at radius 2 is 1.80 bits per heavy atom. The second kappa shape index (κ2) is 22.1. The van der Waals surface area contributed by atoms with Gasteiger partial charge in [0.05, 0.1) is 67.0 Å². The zero-order valence-electron chi connectivity index (χ0n) is 44.1. The number of hydrogen-bond acceptors (Lipinski definition) is 14. The van der Waals surface area contributed by atoms with Gasteiger partial charge in [-0.1, -0.05) is 33.8 Å². The molecule has 10 rings (SSSR count). The Labute approximate surface area is 437 Å². The van der Waals surface area contributed by atoms with Crippen LogP contribution < -0.4 is 15.6 Å². The average Bonchev–Trinajstić information content (AvgIpc) is 4.27. The van der Waals surface area contributed by atoms with Gasteiger partial charge < -0.3 is 33.7 Å². The number of benzene rings is 1. The largest absolute Gasteiger partial charge is 0.464 e. The van der Waals surface area contributed by atoms with Gasteiger partial charge in [0.25, 0.3) is 12.3 Å². The number of aromatic nitrogens is 3. The number of nitrogens with one attached hydrogen (secondary N) is 2. The third kappa shape index (κ3) is 11.3.